The van der Waals surface area contributed by atoms with Gasteiger partial charge in [0, 0.05) is 36.5 Å². The Kier molecular flexibility index (Phi) is 5.64. The number of pyridine rings is 1. The molecule has 174 valence electrons. The van der Waals surface area contributed by atoms with E-state index in [4.69, 9.17) is 4.74 Å². The van der Waals surface area contributed by atoms with Crippen molar-refractivity contribution in [2.75, 3.05) is 18.8 Å². The average Bonchev–Trinajstić information content (AvgIpc) is 2.88. The fourth-order valence-electron chi connectivity index (χ4n) is 3.92. The summed E-state index contributed by atoms with van der Waals surface area (Å²) in [6.07, 6.45) is 4.99. The highest BCUT2D eigenvalue weighted by atomic mass is 19.1. The lowest BCUT2D eigenvalue weighted by Gasteiger charge is -2.42. The van der Waals surface area contributed by atoms with Gasteiger partial charge in [0.05, 0.1) is 13.2 Å². The summed E-state index contributed by atoms with van der Waals surface area (Å²) >= 11 is 0. The lowest BCUT2D eigenvalue weighted by atomic mass is 10.1. The molecule has 2 atom stereocenters. The van der Waals surface area contributed by atoms with Crippen LogP contribution < -0.4 is 20.5 Å². The van der Waals surface area contributed by atoms with Crippen molar-refractivity contribution in [1.29, 1.82) is 0 Å². The molecule has 0 spiro atoms. The van der Waals surface area contributed by atoms with Crippen LogP contribution in [0.25, 0.3) is 0 Å². The highest BCUT2D eigenvalue weighted by molar-refractivity contribution is 5.99. The highest BCUT2D eigenvalue weighted by Gasteiger charge is 2.38. The van der Waals surface area contributed by atoms with E-state index in [9.17, 15) is 27.6 Å². The fraction of sp³-hybridized carbons (Fsp3) is 0.318. The monoisotopic (exact) mass is 462 g/mol. The summed E-state index contributed by atoms with van der Waals surface area (Å²) in [5.41, 5.74) is -1.80. The number of methoxy groups -OCH3 is 1. The van der Waals surface area contributed by atoms with Crippen molar-refractivity contribution in [2.45, 2.75) is 32.5 Å². The largest absolute Gasteiger partial charge is 0.491 e. The zero-order valence-corrected chi connectivity index (χ0v) is 18.1. The Hall–Kier alpha value is -3.76. The van der Waals surface area contributed by atoms with Crippen molar-refractivity contribution in [3.8, 4) is 5.75 Å². The molecule has 0 aliphatic carbocycles. The Labute approximate surface area is 186 Å². The smallest absolute Gasteiger partial charge is 0.278 e. The molecule has 0 saturated heterocycles. The molecule has 0 saturated carbocycles. The second-order valence-electron chi connectivity index (χ2n) is 7.85. The molecule has 2 bridgehead atoms. The third kappa shape index (κ3) is 3.73. The summed E-state index contributed by atoms with van der Waals surface area (Å²) in [6, 6.07) is 0.582. The van der Waals surface area contributed by atoms with Crippen molar-refractivity contribution < 1.29 is 27.5 Å². The summed E-state index contributed by atoms with van der Waals surface area (Å²) < 4.78 is 47.6. The van der Waals surface area contributed by atoms with Gasteiger partial charge in [0.1, 0.15) is 29.7 Å². The molecular formula is C22H21F3N4O4. The predicted octanol–water partition coefficient (Wildman–Crippen LogP) is 1.90. The lowest BCUT2D eigenvalue weighted by molar-refractivity contribution is 0.0652. The summed E-state index contributed by atoms with van der Waals surface area (Å²) in [6.45, 7) is 3.32. The molecule has 1 aromatic carbocycles. The highest BCUT2D eigenvalue weighted by Crippen LogP contribution is 2.27. The van der Waals surface area contributed by atoms with Crippen molar-refractivity contribution in [1.82, 2.24) is 14.9 Å². The quantitative estimate of drug-likeness (QED) is 0.702. The van der Waals surface area contributed by atoms with E-state index in [0.717, 1.165) is 0 Å². The normalized spacial score (nSPS) is 19.3. The molecule has 2 aliphatic heterocycles. The van der Waals surface area contributed by atoms with Crippen LogP contribution in [0.15, 0.2) is 35.3 Å². The number of carbonyl (C=O) groups excluding carboxylic acids is 2. The number of amides is 2. The van der Waals surface area contributed by atoms with E-state index < -0.39 is 46.8 Å². The summed E-state index contributed by atoms with van der Waals surface area (Å²) in [5.74, 6) is -5.11. The molecular weight excluding hydrogens is 441 g/mol. The van der Waals surface area contributed by atoms with Crippen LogP contribution in [0.4, 0.5) is 13.2 Å². The van der Waals surface area contributed by atoms with Crippen LogP contribution in [0.5, 0.6) is 5.75 Å². The molecule has 0 radical (unpaired) electrons. The molecule has 2 aliphatic rings. The molecule has 1 N–H and O–H groups in total. The number of halogens is 3. The van der Waals surface area contributed by atoms with E-state index >= 15 is 0 Å². The lowest BCUT2D eigenvalue weighted by Crippen LogP contribution is -2.57. The van der Waals surface area contributed by atoms with E-state index in [0.29, 0.717) is 12.1 Å². The Morgan fingerprint density at radius 3 is 2.39 bits per heavy atom. The number of fused-ring (bicyclic) bond motifs is 4. The second-order valence-corrected chi connectivity index (χ2v) is 7.85. The molecule has 2 amide bonds. The van der Waals surface area contributed by atoms with Gasteiger partial charge in [0.15, 0.2) is 11.4 Å². The zero-order valence-electron chi connectivity index (χ0n) is 18.1. The number of nitrogens with zero attached hydrogens (tertiary/aromatic N) is 3. The van der Waals surface area contributed by atoms with Gasteiger partial charge in [0.2, 0.25) is 5.43 Å². The van der Waals surface area contributed by atoms with Gasteiger partial charge in [-0.05, 0) is 13.8 Å². The van der Waals surface area contributed by atoms with Crippen LogP contribution in [-0.2, 0) is 6.54 Å². The molecule has 0 fully saturated rings. The van der Waals surface area contributed by atoms with Crippen LogP contribution in [0.1, 0.15) is 40.3 Å². The number of nitrogens with one attached hydrogen (secondary N) is 1. The minimum absolute atomic E-state index is 0.0247. The summed E-state index contributed by atoms with van der Waals surface area (Å²) in [5, 5.41) is 4.05. The standard InChI is InChI=1S/C22H21F3N4O4/c1-11-4-5-12(2)29-10-27(11)22(32)18-20(33-3)19(30)15(9-28(18)29)21(31)26-8-14-16(24)6-13(23)7-17(14)25/h4-7,9,11-12H,8,10H2,1-3H3,(H,26,31)/t11-,12+/m0/s1. The number of hydrogen-bond donors (Lipinski definition) is 1. The molecule has 8 nitrogen and oxygen atoms in total. The topological polar surface area (TPSA) is 83.9 Å². The molecule has 3 heterocycles. The van der Waals surface area contributed by atoms with E-state index in [1.165, 1.54) is 18.0 Å². The van der Waals surface area contributed by atoms with Gasteiger partial charge in [-0.1, -0.05) is 12.2 Å². The van der Waals surface area contributed by atoms with Crippen LogP contribution in [0.3, 0.4) is 0 Å². The average molecular weight is 462 g/mol. The third-order valence-electron chi connectivity index (χ3n) is 5.79. The Bertz CT molecular complexity index is 1220. The first-order valence-electron chi connectivity index (χ1n) is 10.2. The molecule has 1 aromatic heterocycles. The number of rotatable bonds is 4. The minimum atomic E-state index is -1.17. The van der Waals surface area contributed by atoms with E-state index in [1.54, 1.807) is 9.91 Å². The Morgan fingerprint density at radius 1 is 1.12 bits per heavy atom. The Balaban J connectivity index is 1.74. The first kappa shape index (κ1) is 22.4. The minimum Gasteiger partial charge on any atom is -0.491 e. The number of ether oxygens (including phenoxy) is 1. The predicted molar refractivity (Wildman–Crippen MR) is 112 cm³/mol. The van der Waals surface area contributed by atoms with Gasteiger partial charge in [0.25, 0.3) is 11.8 Å². The van der Waals surface area contributed by atoms with Crippen molar-refractivity contribution in [3.63, 3.8) is 0 Å². The van der Waals surface area contributed by atoms with Gasteiger partial charge in [-0.3, -0.25) is 24.1 Å². The summed E-state index contributed by atoms with van der Waals surface area (Å²) in [7, 11) is 1.21. The van der Waals surface area contributed by atoms with Crippen molar-refractivity contribution in [3.05, 3.63) is 75.0 Å². The van der Waals surface area contributed by atoms with Gasteiger partial charge in [-0.2, -0.15) is 0 Å². The second kappa shape index (κ2) is 8.30. The van der Waals surface area contributed by atoms with Crippen molar-refractivity contribution in [2.24, 2.45) is 0 Å². The summed E-state index contributed by atoms with van der Waals surface area (Å²) in [4.78, 5) is 40.5. The van der Waals surface area contributed by atoms with Crippen LogP contribution in [0, 0.1) is 17.5 Å². The number of aromatic nitrogens is 1. The molecule has 2 aromatic rings. The maximum atomic E-state index is 13.9. The maximum Gasteiger partial charge on any atom is 0.278 e. The SMILES string of the molecule is COc1c2n(cc(C(=O)NCc3c(F)cc(F)cc3F)c1=O)N1CN(C2=O)[C@@H](C)C=C[C@H]1C. The van der Waals surface area contributed by atoms with E-state index in [2.05, 4.69) is 5.32 Å². The number of hydrogen-bond acceptors (Lipinski definition) is 5. The maximum absolute atomic E-state index is 13.9. The van der Waals surface area contributed by atoms with Gasteiger partial charge >= 0.3 is 0 Å². The van der Waals surface area contributed by atoms with E-state index in [-0.39, 0.29) is 35.8 Å². The van der Waals surface area contributed by atoms with Crippen LogP contribution >= 0.6 is 0 Å². The zero-order chi connectivity index (χ0) is 24.0. The molecule has 4 rings (SSSR count). The number of carbonyl (C=O) groups is 2. The first-order chi connectivity index (χ1) is 15.6. The van der Waals surface area contributed by atoms with Gasteiger partial charge < -0.3 is 15.0 Å². The Morgan fingerprint density at radius 2 is 1.76 bits per heavy atom. The van der Waals surface area contributed by atoms with Crippen molar-refractivity contribution >= 4 is 11.8 Å². The van der Waals surface area contributed by atoms with E-state index in [1.807, 2.05) is 26.0 Å². The van der Waals surface area contributed by atoms with Gasteiger partial charge in [-0.15, -0.1) is 0 Å². The van der Waals surface area contributed by atoms with Crippen LogP contribution in [-0.4, -0.2) is 47.3 Å². The third-order valence-corrected chi connectivity index (χ3v) is 5.79. The molecule has 11 heteroatoms. The van der Waals surface area contributed by atoms with Crippen LogP contribution in [0.2, 0.25) is 0 Å². The molecule has 33 heavy (non-hydrogen) atoms. The first-order valence-corrected chi connectivity index (χ1v) is 10.2. The number of benzene rings is 1. The fourth-order valence-corrected chi connectivity index (χ4v) is 3.92. The van der Waals surface area contributed by atoms with Gasteiger partial charge in [-0.25, -0.2) is 13.2 Å². The molecule has 0 unspecified atom stereocenters.